The number of aliphatic carboxylic acids is 1. The van der Waals surface area contributed by atoms with E-state index in [2.05, 4.69) is 0 Å². The summed E-state index contributed by atoms with van der Waals surface area (Å²) in [6, 6.07) is -0.842. The summed E-state index contributed by atoms with van der Waals surface area (Å²) in [5.41, 5.74) is 0. The summed E-state index contributed by atoms with van der Waals surface area (Å²) >= 11 is 0. The van der Waals surface area contributed by atoms with Crippen molar-refractivity contribution in [3.05, 3.63) is 0 Å². The largest absolute Gasteiger partial charge is 0.481 e. The van der Waals surface area contributed by atoms with E-state index < -0.39 is 41.2 Å². The molecule has 0 aromatic heterocycles. The van der Waals surface area contributed by atoms with Crippen molar-refractivity contribution in [2.24, 2.45) is 0 Å². The lowest BCUT2D eigenvalue weighted by molar-refractivity contribution is -0.138. The van der Waals surface area contributed by atoms with Gasteiger partial charge in [0.05, 0.1) is 24.5 Å². The molecule has 1 aliphatic heterocycles. The van der Waals surface area contributed by atoms with Crippen LogP contribution < -0.4 is 0 Å². The predicted octanol–water partition coefficient (Wildman–Crippen LogP) is -0.175. The third-order valence-corrected chi connectivity index (χ3v) is 4.13. The summed E-state index contributed by atoms with van der Waals surface area (Å²) in [5, 5.41) is 8.58. The average Bonchev–Trinajstić information content (AvgIpc) is 2.07. The summed E-state index contributed by atoms with van der Waals surface area (Å²) in [6.07, 6.45) is -3.01. The fourth-order valence-electron chi connectivity index (χ4n) is 1.73. The maximum Gasteiger partial charge on any atom is 0.304 e. The zero-order valence-corrected chi connectivity index (χ0v) is 9.29. The molecule has 0 amide bonds. The highest BCUT2D eigenvalue weighted by atomic mass is 32.2. The number of carboxylic acids is 1. The molecule has 1 saturated heterocycles. The molecule has 0 bridgehead atoms. The number of carbonyl (C=O) groups is 1. The van der Waals surface area contributed by atoms with Gasteiger partial charge in [0.15, 0.2) is 9.84 Å². The van der Waals surface area contributed by atoms with E-state index in [4.69, 9.17) is 5.11 Å². The van der Waals surface area contributed by atoms with Gasteiger partial charge in [0.25, 0.3) is 6.43 Å². The molecule has 1 N–H and O–H groups in total. The summed E-state index contributed by atoms with van der Waals surface area (Å²) in [4.78, 5) is 11.7. The Morgan fingerprint density at radius 1 is 1.50 bits per heavy atom. The van der Waals surface area contributed by atoms with Crippen LogP contribution in [0.5, 0.6) is 0 Å². The Morgan fingerprint density at radius 3 is 2.62 bits per heavy atom. The van der Waals surface area contributed by atoms with Crippen LogP contribution in [-0.2, 0) is 14.6 Å². The third-order valence-electron chi connectivity index (χ3n) is 2.43. The number of nitrogens with zero attached hydrogens (tertiary/aromatic N) is 1. The first-order valence-corrected chi connectivity index (χ1v) is 6.57. The molecule has 1 aliphatic rings. The number of sulfone groups is 1. The van der Waals surface area contributed by atoms with Gasteiger partial charge in [-0.15, -0.1) is 0 Å². The lowest BCUT2D eigenvalue weighted by Gasteiger charge is -2.34. The highest BCUT2D eigenvalue weighted by Crippen LogP contribution is 2.16. The lowest BCUT2D eigenvalue weighted by atomic mass is 10.2. The molecule has 1 rings (SSSR count). The Labute approximate surface area is 92.0 Å². The van der Waals surface area contributed by atoms with Crippen molar-refractivity contribution < 1.29 is 27.1 Å². The molecular formula is C8H13F2NO4S. The molecular weight excluding hydrogens is 244 g/mol. The lowest BCUT2D eigenvalue weighted by Crippen LogP contribution is -2.50. The van der Waals surface area contributed by atoms with Gasteiger partial charge in [0.2, 0.25) is 0 Å². The minimum Gasteiger partial charge on any atom is -0.481 e. The third kappa shape index (κ3) is 4.01. The van der Waals surface area contributed by atoms with Crippen LogP contribution in [-0.4, -0.2) is 61.5 Å². The molecule has 16 heavy (non-hydrogen) atoms. The molecule has 0 aromatic rings. The van der Waals surface area contributed by atoms with Crippen LogP contribution in [0.2, 0.25) is 0 Å². The first-order valence-electron chi connectivity index (χ1n) is 4.74. The Morgan fingerprint density at radius 2 is 2.12 bits per heavy atom. The van der Waals surface area contributed by atoms with Crippen molar-refractivity contribution in [1.29, 1.82) is 0 Å². The van der Waals surface area contributed by atoms with E-state index >= 15 is 0 Å². The van der Waals surface area contributed by atoms with Gasteiger partial charge in [-0.05, 0) is 0 Å². The summed E-state index contributed by atoms with van der Waals surface area (Å²) in [7, 11) is -3.30. The molecule has 94 valence electrons. The summed E-state index contributed by atoms with van der Waals surface area (Å²) < 4.78 is 46.9. The monoisotopic (exact) mass is 257 g/mol. The van der Waals surface area contributed by atoms with E-state index in [1.807, 2.05) is 0 Å². The van der Waals surface area contributed by atoms with Gasteiger partial charge in [-0.1, -0.05) is 0 Å². The molecule has 1 fully saturated rings. The summed E-state index contributed by atoms with van der Waals surface area (Å²) in [6.45, 7) is -0.599. The minimum atomic E-state index is -3.30. The number of rotatable bonds is 4. The Hall–Kier alpha value is -0.760. The molecule has 1 unspecified atom stereocenters. The second-order valence-electron chi connectivity index (χ2n) is 3.75. The Kier molecular flexibility index (Phi) is 4.20. The van der Waals surface area contributed by atoms with Crippen molar-refractivity contribution in [3.63, 3.8) is 0 Å². The highest BCUT2D eigenvalue weighted by molar-refractivity contribution is 7.91. The second-order valence-corrected chi connectivity index (χ2v) is 5.98. The van der Waals surface area contributed by atoms with Crippen LogP contribution in [0.15, 0.2) is 0 Å². The molecule has 1 atom stereocenters. The molecule has 0 radical (unpaired) electrons. The molecule has 0 aromatic carbocycles. The smallest absolute Gasteiger partial charge is 0.304 e. The second kappa shape index (κ2) is 5.05. The Balaban J connectivity index is 2.71. The van der Waals surface area contributed by atoms with Gasteiger partial charge < -0.3 is 5.11 Å². The molecule has 1 heterocycles. The van der Waals surface area contributed by atoms with E-state index in [-0.39, 0.29) is 18.1 Å². The normalized spacial score (nSPS) is 25.8. The zero-order valence-electron chi connectivity index (χ0n) is 8.47. The molecule has 5 nitrogen and oxygen atoms in total. The molecule has 0 aliphatic carbocycles. The van der Waals surface area contributed by atoms with Crippen LogP contribution in [0.3, 0.4) is 0 Å². The summed E-state index contributed by atoms with van der Waals surface area (Å²) in [5.74, 6) is -1.72. The highest BCUT2D eigenvalue weighted by Gasteiger charge is 2.33. The van der Waals surface area contributed by atoms with E-state index in [1.54, 1.807) is 0 Å². The number of hydrogen-bond donors (Lipinski definition) is 1. The van der Waals surface area contributed by atoms with Gasteiger partial charge in [0, 0.05) is 12.6 Å². The number of alkyl halides is 2. The van der Waals surface area contributed by atoms with Crippen molar-refractivity contribution >= 4 is 15.8 Å². The standard InChI is InChI=1S/C8H13F2NO4S/c9-7(10)4-11-1-2-16(14,15)5-6(11)3-8(12)13/h6-7H,1-5H2,(H,12,13). The van der Waals surface area contributed by atoms with Gasteiger partial charge in [-0.2, -0.15) is 0 Å². The van der Waals surface area contributed by atoms with E-state index in [9.17, 15) is 22.0 Å². The molecule has 8 heteroatoms. The number of hydrogen-bond acceptors (Lipinski definition) is 4. The number of halogens is 2. The van der Waals surface area contributed by atoms with Crippen LogP contribution in [0.25, 0.3) is 0 Å². The van der Waals surface area contributed by atoms with E-state index in [0.717, 1.165) is 0 Å². The van der Waals surface area contributed by atoms with Crippen molar-refractivity contribution in [3.8, 4) is 0 Å². The minimum absolute atomic E-state index is 0.0232. The van der Waals surface area contributed by atoms with E-state index in [1.165, 1.54) is 4.90 Å². The van der Waals surface area contributed by atoms with Crippen molar-refractivity contribution in [2.75, 3.05) is 24.6 Å². The average molecular weight is 257 g/mol. The SMILES string of the molecule is O=C(O)CC1CS(=O)(=O)CCN1CC(F)F. The number of carboxylic acid groups (broad SMARTS) is 1. The fourth-order valence-corrected chi connectivity index (χ4v) is 3.32. The van der Waals surface area contributed by atoms with Crippen LogP contribution in [0.4, 0.5) is 8.78 Å². The van der Waals surface area contributed by atoms with E-state index in [0.29, 0.717) is 0 Å². The maximum atomic E-state index is 12.2. The first-order chi connectivity index (χ1) is 7.30. The van der Waals surface area contributed by atoms with Gasteiger partial charge >= 0.3 is 5.97 Å². The van der Waals surface area contributed by atoms with Crippen LogP contribution >= 0.6 is 0 Å². The van der Waals surface area contributed by atoms with Crippen LogP contribution in [0.1, 0.15) is 6.42 Å². The first kappa shape index (κ1) is 13.3. The Bertz CT molecular complexity index is 357. The quantitative estimate of drug-likeness (QED) is 0.756. The molecule has 0 saturated carbocycles. The zero-order chi connectivity index (χ0) is 12.3. The maximum absolute atomic E-state index is 12.2. The predicted molar refractivity (Wildman–Crippen MR) is 52.3 cm³/mol. The van der Waals surface area contributed by atoms with Crippen molar-refractivity contribution in [2.45, 2.75) is 18.9 Å². The van der Waals surface area contributed by atoms with Gasteiger partial charge in [-0.3, -0.25) is 9.69 Å². The van der Waals surface area contributed by atoms with Gasteiger partial charge in [0.1, 0.15) is 0 Å². The van der Waals surface area contributed by atoms with Crippen LogP contribution in [0, 0.1) is 0 Å². The molecule has 0 spiro atoms. The fraction of sp³-hybridized carbons (Fsp3) is 0.875. The van der Waals surface area contributed by atoms with Gasteiger partial charge in [-0.25, -0.2) is 17.2 Å². The topological polar surface area (TPSA) is 74.7 Å². The van der Waals surface area contributed by atoms with Crippen molar-refractivity contribution in [1.82, 2.24) is 4.90 Å².